The third kappa shape index (κ3) is 3.71. The zero-order valence-corrected chi connectivity index (χ0v) is 13.0. The normalized spacial score (nSPS) is 15.8. The summed E-state index contributed by atoms with van der Waals surface area (Å²) in [6.07, 6.45) is 0.892. The average Bonchev–Trinajstić information content (AvgIpc) is 3.03. The van der Waals surface area contributed by atoms with E-state index in [2.05, 4.69) is 0 Å². The molecule has 1 unspecified atom stereocenters. The van der Waals surface area contributed by atoms with Crippen molar-refractivity contribution in [1.82, 2.24) is 4.90 Å². The molecule has 3 rings (SSSR count). The molecule has 2 aromatic carbocycles. The zero-order chi connectivity index (χ0) is 16.1. The molecule has 1 amide bonds. The molecule has 0 bridgehead atoms. The standard InChI is InChI=1S/C19H21NO3/c21-13-12-20(11-10-15-6-2-1-3-7-15)19(22)18-14-16-8-4-5-9-17(16)23-18/h1-9,18,21H,10-14H2. The molecule has 0 aliphatic carbocycles. The monoisotopic (exact) mass is 311 g/mol. The van der Waals surface area contributed by atoms with Gasteiger partial charge in [-0.15, -0.1) is 0 Å². The summed E-state index contributed by atoms with van der Waals surface area (Å²) in [4.78, 5) is 14.4. The number of hydrogen-bond donors (Lipinski definition) is 1. The van der Waals surface area contributed by atoms with Crippen LogP contribution in [0.2, 0.25) is 0 Å². The highest BCUT2D eigenvalue weighted by molar-refractivity contribution is 5.82. The van der Waals surface area contributed by atoms with Gasteiger partial charge in [0.2, 0.25) is 0 Å². The van der Waals surface area contributed by atoms with Crippen LogP contribution in [-0.2, 0) is 17.6 Å². The third-order valence-corrected chi connectivity index (χ3v) is 4.12. The average molecular weight is 311 g/mol. The fraction of sp³-hybridized carbons (Fsp3) is 0.316. The first-order valence-electron chi connectivity index (χ1n) is 7.96. The first-order chi connectivity index (χ1) is 11.3. The third-order valence-electron chi connectivity index (χ3n) is 4.12. The quantitative estimate of drug-likeness (QED) is 0.888. The molecular weight excluding hydrogens is 290 g/mol. The van der Waals surface area contributed by atoms with E-state index < -0.39 is 6.10 Å². The number of carbonyl (C=O) groups excluding carboxylic acids is 1. The molecule has 1 aliphatic rings. The van der Waals surface area contributed by atoms with Gasteiger partial charge in [0.25, 0.3) is 5.91 Å². The summed E-state index contributed by atoms with van der Waals surface area (Å²) in [6, 6.07) is 17.8. The van der Waals surface area contributed by atoms with E-state index in [9.17, 15) is 9.90 Å². The predicted octanol–water partition coefficient (Wildman–Crippen LogP) is 2.05. The summed E-state index contributed by atoms with van der Waals surface area (Å²) in [6.45, 7) is 0.877. The van der Waals surface area contributed by atoms with Crippen LogP contribution in [0.15, 0.2) is 54.6 Å². The number of nitrogens with zero attached hydrogens (tertiary/aromatic N) is 1. The number of carbonyl (C=O) groups is 1. The summed E-state index contributed by atoms with van der Waals surface area (Å²) < 4.78 is 5.78. The highest BCUT2D eigenvalue weighted by atomic mass is 16.5. The van der Waals surface area contributed by atoms with Crippen molar-refractivity contribution in [3.8, 4) is 5.75 Å². The molecule has 0 saturated carbocycles. The maximum absolute atomic E-state index is 12.7. The van der Waals surface area contributed by atoms with Gasteiger partial charge in [0, 0.05) is 19.5 Å². The molecule has 0 spiro atoms. The number of para-hydroxylation sites is 1. The van der Waals surface area contributed by atoms with E-state index in [0.717, 1.165) is 17.7 Å². The van der Waals surface area contributed by atoms with Crippen LogP contribution < -0.4 is 4.74 Å². The molecule has 4 nitrogen and oxygen atoms in total. The molecule has 0 fully saturated rings. The van der Waals surface area contributed by atoms with Gasteiger partial charge in [0.15, 0.2) is 6.10 Å². The van der Waals surface area contributed by atoms with E-state index in [0.29, 0.717) is 19.5 Å². The van der Waals surface area contributed by atoms with Crippen LogP contribution in [0, 0.1) is 0 Å². The van der Waals surface area contributed by atoms with E-state index in [1.807, 2.05) is 54.6 Å². The van der Waals surface area contributed by atoms with Gasteiger partial charge in [0.1, 0.15) is 5.75 Å². The summed E-state index contributed by atoms with van der Waals surface area (Å²) in [7, 11) is 0. The van der Waals surface area contributed by atoms with Crippen LogP contribution in [0.3, 0.4) is 0 Å². The number of rotatable bonds is 6. The van der Waals surface area contributed by atoms with E-state index in [-0.39, 0.29) is 12.5 Å². The Bertz CT molecular complexity index is 632. The predicted molar refractivity (Wildman–Crippen MR) is 88.4 cm³/mol. The lowest BCUT2D eigenvalue weighted by atomic mass is 10.1. The Kier molecular flexibility index (Phi) is 4.93. The smallest absolute Gasteiger partial charge is 0.264 e. The van der Waals surface area contributed by atoms with Gasteiger partial charge in [-0.25, -0.2) is 0 Å². The second kappa shape index (κ2) is 7.29. The van der Waals surface area contributed by atoms with Gasteiger partial charge in [0.05, 0.1) is 6.61 Å². The zero-order valence-electron chi connectivity index (χ0n) is 13.0. The second-order valence-corrected chi connectivity index (χ2v) is 5.70. The summed E-state index contributed by atoms with van der Waals surface area (Å²) in [5.74, 6) is 0.740. The molecule has 1 aliphatic heterocycles. The SMILES string of the molecule is O=C(C1Cc2ccccc2O1)N(CCO)CCc1ccccc1. The number of aliphatic hydroxyl groups excluding tert-OH is 1. The van der Waals surface area contributed by atoms with Gasteiger partial charge < -0.3 is 14.7 Å². The molecule has 0 saturated heterocycles. The first-order valence-corrected chi connectivity index (χ1v) is 7.96. The minimum Gasteiger partial charge on any atom is -0.480 e. The van der Waals surface area contributed by atoms with Crippen molar-refractivity contribution >= 4 is 5.91 Å². The molecule has 1 N–H and O–H groups in total. The van der Waals surface area contributed by atoms with Crippen LogP contribution in [0.5, 0.6) is 5.75 Å². The van der Waals surface area contributed by atoms with Crippen molar-refractivity contribution in [2.75, 3.05) is 19.7 Å². The second-order valence-electron chi connectivity index (χ2n) is 5.70. The minimum absolute atomic E-state index is 0.0415. The van der Waals surface area contributed by atoms with Crippen LogP contribution >= 0.6 is 0 Å². The lowest BCUT2D eigenvalue weighted by Gasteiger charge is -2.24. The Morgan fingerprint density at radius 3 is 2.57 bits per heavy atom. The van der Waals surface area contributed by atoms with Gasteiger partial charge in [-0.05, 0) is 23.6 Å². The molecule has 0 aromatic heterocycles. The molecule has 23 heavy (non-hydrogen) atoms. The van der Waals surface area contributed by atoms with Crippen molar-refractivity contribution in [2.45, 2.75) is 18.9 Å². The lowest BCUT2D eigenvalue weighted by molar-refractivity contribution is -0.138. The summed E-state index contributed by atoms with van der Waals surface area (Å²) in [5.41, 5.74) is 2.25. The highest BCUT2D eigenvalue weighted by Gasteiger charge is 2.31. The van der Waals surface area contributed by atoms with E-state index in [1.54, 1.807) is 4.90 Å². The molecule has 1 heterocycles. The van der Waals surface area contributed by atoms with Crippen molar-refractivity contribution in [3.05, 3.63) is 65.7 Å². The Morgan fingerprint density at radius 2 is 1.83 bits per heavy atom. The largest absolute Gasteiger partial charge is 0.480 e. The molecule has 2 aromatic rings. The fourth-order valence-electron chi connectivity index (χ4n) is 2.89. The van der Waals surface area contributed by atoms with Crippen LogP contribution in [0.1, 0.15) is 11.1 Å². The number of ether oxygens (including phenoxy) is 1. The van der Waals surface area contributed by atoms with Gasteiger partial charge in [-0.2, -0.15) is 0 Å². The minimum atomic E-state index is -0.477. The summed E-state index contributed by atoms with van der Waals surface area (Å²) in [5, 5.41) is 9.26. The number of amides is 1. The van der Waals surface area contributed by atoms with Crippen molar-refractivity contribution < 1.29 is 14.6 Å². The fourth-order valence-corrected chi connectivity index (χ4v) is 2.89. The maximum Gasteiger partial charge on any atom is 0.264 e. The maximum atomic E-state index is 12.7. The van der Waals surface area contributed by atoms with Crippen LogP contribution in [-0.4, -0.2) is 41.7 Å². The van der Waals surface area contributed by atoms with Crippen molar-refractivity contribution in [3.63, 3.8) is 0 Å². The molecule has 4 heteroatoms. The van der Waals surface area contributed by atoms with E-state index >= 15 is 0 Å². The van der Waals surface area contributed by atoms with Gasteiger partial charge in [-0.3, -0.25) is 4.79 Å². The Morgan fingerprint density at radius 1 is 1.09 bits per heavy atom. The Labute approximate surface area is 136 Å². The highest BCUT2D eigenvalue weighted by Crippen LogP contribution is 2.28. The molecule has 1 atom stereocenters. The first kappa shape index (κ1) is 15.6. The van der Waals surface area contributed by atoms with Crippen molar-refractivity contribution in [2.24, 2.45) is 0 Å². The van der Waals surface area contributed by atoms with Crippen molar-refractivity contribution in [1.29, 1.82) is 0 Å². The number of benzene rings is 2. The molecule has 0 radical (unpaired) electrons. The topological polar surface area (TPSA) is 49.8 Å². The van der Waals surface area contributed by atoms with Crippen LogP contribution in [0.25, 0.3) is 0 Å². The van der Waals surface area contributed by atoms with Crippen LogP contribution in [0.4, 0.5) is 0 Å². The van der Waals surface area contributed by atoms with E-state index in [4.69, 9.17) is 4.74 Å². The Hall–Kier alpha value is -2.33. The number of fused-ring (bicyclic) bond motifs is 1. The lowest BCUT2D eigenvalue weighted by Crippen LogP contribution is -2.43. The Balaban J connectivity index is 1.63. The molecular formula is C19H21NO3. The van der Waals surface area contributed by atoms with Gasteiger partial charge >= 0.3 is 0 Å². The summed E-state index contributed by atoms with van der Waals surface area (Å²) >= 11 is 0. The molecule has 120 valence electrons. The number of hydrogen-bond acceptors (Lipinski definition) is 3. The number of aliphatic hydroxyl groups is 1. The van der Waals surface area contributed by atoms with Gasteiger partial charge in [-0.1, -0.05) is 48.5 Å². The van der Waals surface area contributed by atoms with E-state index in [1.165, 1.54) is 5.56 Å².